The summed E-state index contributed by atoms with van der Waals surface area (Å²) in [6.45, 7) is 0. The maximum absolute atomic E-state index is 4.02. The number of hydrogen-bond acceptors (Lipinski definition) is 1. The Bertz CT molecular complexity index is 606. The Hall–Kier alpha value is 0.140. The van der Waals surface area contributed by atoms with Crippen LogP contribution in [0.4, 0.5) is 0 Å². The van der Waals surface area contributed by atoms with Crippen LogP contribution in [0.3, 0.4) is 0 Å². The van der Waals surface area contributed by atoms with E-state index in [4.69, 9.17) is 0 Å². The van der Waals surface area contributed by atoms with E-state index in [1.54, 1.807) is 0 Å². The van der Waals surface area contributed by atoms with E-state index in [1.165, 1.54) is 45.8 Å². The molecule has 0 bridgehead atoms. The van der Waals surface area contributed by atoms with Crippen LogP contribution in [0.25, 0.3) is 10.1 Å². The van der Waals surface area contributed by atoms with Crippen LogP contribution in [0.2, 0.25) is 0 Å². The minimum atomic E-state index is 0.559. The molecule has 0 aliphatic heterocycles. The van der Waals surface area contributed by atoms with Gasteiger partial charge in [0.05, 0.1) is 0 Å². The monoisotopic (exact) mass is 398 g/mol. The zero-order valence-corrected chi connectivity index (χ0v) is 14.6. The van der Waals surface area contributed by atoms with Crippen LogP contribution >= 0.6 is 43.2 Å². The van der Waals surface area contributed by atoms with Crippen molar-refractivity contribution in [3.05, 3.63) is 33.6 Å². The van der Waals surface area contributed by atoms with Crippen LogP contribution in [-0.2, 0) is 0 Å². The van der Waals surface area contributed by atoms with E-state index in [0.29, 0.717) is 4.83 Å². The molecule has 2 aromatic rings. The SMILES string of the molecule is Brc1cccc2c(C(Br)C3C4CCCCC43)csc12. The van der Waals surface area contributed by atoms with Crippen LogP contribution in [-0.4, -0.2) is 0 Å². The lowest BCUT2D eigenvalue weighted by Crippen LogP contribution is -1.94. The molecule has 2 aliphatic carbocycles. The second-order valence-electron chi connectivity index (χ2n) is 5.90. The van der Waals surface area contributed by atoms with Gasteiger partial charge in [-0.15, -0.1) is 11.3 Å². The highest BCUT2D eigenvalue weighted by Gasteiger charge is 2.54. The number of rotatable bonds is 2. The van der Waals surface area contributed by atoms with Gasteiger partial charge < -0.3 is 0 Å². The molecule has 1 aromatic carbocycles. The summed E-state index contributed by atoms with van der Waals surface area (Å²) in [5.74, 6) is 2.89. The van der Waals surface area contributed by atoms with Gasteiger partial charge in [-0.25, -0.2) is 0 Å². The summed E-state index contributed by atoms with van der Waals surface area (Å²) < 4.78 is 2.62. The highest BCUT2D eigenvalue weighted by molar-refractivity contribution is 9.10. The lowest BCUT2D eigenvalue weighted by molar-refractivity contribution is 0.480. The summed E-state index contributed by atoms with van der Waals surface area (Å²) in [5.41, 5.74) is 1.51. The molecule has 19 heavy (non-hydrogen) atoms. The minimum Gasteiger partial charge on any atom is -0.142 e. The van der Waals surface area contributed by atoms with Crippen molar-refractivity contribution in [2.24, 2.45) is 17.8 Å². The van der Waals surface area contributed by atoms with Gasteiger partial charge in [0.25, 0.3) is 0 Å². The van der Waals surface area contributed by atoms with E-state index in [-0.39, 0.29) is 0 Å². The summed E-state index contributed by atoms with van der Waals surface area (Å²) in [6, 6.07) is 6.57. The fraction of sp³-hybridized carbons (Fsp3) is 0.500. The Labute approximate surface area is 134 Å². The minimum absolute atomic E-state index is 0.559. The molecule has 0 N–H and O–H groups in total. The van der Waals surface area contributed by atoms with Crippen LogP contribution in [0, 0.1) is 17.8 Å². The molecule has 0 nitrogen and oxygen atoms in total. The zero-order chi connectivity index (χ0) is 13.0. The molecule has 3 atom stereocenters. The zero-order valence-electron chi connectivity index (χ0n) is 10.6. The second kappa shape index (κ2) is 4.85. The summed E-state index contributed by atoms with van der Waals surface area (Å²) >= 11 is 9.56. The van der Waals surface area contributed by atoms with E-state index < -0.39 is 0 Å². The van der Waals surface area contributed by atoms with Crippen molar-refractivity contribution in [3.8, 4) is 0 Å². The van der Waals surface area contributed by atoms with Crippen LogP contribution < -0.4 is 0 Å². The second-order valence-corrected chi connectivity index (χ2v) is 8.62. The van der Waals surface area contributed by atoms with Crippen LogP contribution in [0.1, 0.15) is 36.1 Å². The molecule has 0 spiro atoms. The Balaban J connectivity index is 1.69. The lowest BCUT2D eigenvalue weighted by Gasteiger charge is -2.09. The smallest absolute Gasteiger partial charge is 0.0488 e. The van der Waals surface area contributed by atoms with Crippen LogP contribution in [0.15, 0.2) is 28.1 Å². The largest absolute Gasteiger partial charge is 0.142 e. The topological polar surface area (TPSA) is 0 Å². The molecule has 1 aromatic heterocycles. The summed E-state index contributed by atoms with van der Waals surface area (Å²) in [6.07, 6.45) is 5.83. The van der Waals surface area contributed by atoms with Gasteiger partial charge in [0, 0.05) is 14.0 Å². The van der Waals surface area contributed by atoms with Crippen molar-refractivity contribution >= 4 is 53.3 Å². The van der Waals surface area contributed by atoms with E-state index in [0.717, 1.165) is 17.8 Å². The molecule has 3 unspecified atom stereocenters. The highest BCUT2D eigenvalue weighted by atomic mass is 79.9. The number of alkyl halides is 1. The number of fused-ring (bicyclic) bond motifs is 2. The van der Waals surface area contributed by atoms with Crippen molar-refractivity contribution in [3.63, 3.8) is 0 Å². The maximum atomic E-state index is 4.02. The third kappa shape index (κ3) is 2.04. The van der Waals surface area contributed by atoms with Crippen molar-refractivity contribution in [1.29, 1.82) is 0 Å². The average molecular weight is 400 g/mol. The molecule has 2 aliphatic rings. The van der Waals surface area contributed by atoms with Crippen molar-refractivity contribution in [2.75, 3.05) is 0 Å². The third-order valence-electron chi connectivity index (χ3n) is 4.94. The van der Waals surface area contributed by atoms with Crippen molar-refractivity contribution in [1.82, 2.24) is 0 Å². The Kier molecular flexibility index (Phi) is 3.28. The van der Waals surface area contributed by atoms with E-state index >= 15 is 0 Å². The maximum Gasteiger partial charge on any atom is 0.0488 e. The van der Waals surface area contributed by atoms with Gasteiger partial charge >= 0.3 is 0 Å². The summed E-state index contributed by atoms with van der Waals surface area (Å²) in [4.78, 5) is 0.559. The van der Waals surface area contributed by atoms with Gasteiger partial charge in [-0.05, 0) is 68.9 Å². The van der Waals surface area contributed by atoms with E-state index in [2.05, 4.69) is 55.4 Å². The fourth-order valence-corrected chi connectivity index (χ4v) is 6.94. The van der Waals surface area contributed by atoms with Crippen molar-refractivity contribution in [2.45, 2.75) is 30.5 Å². The normalized spacial score (nSPS) is 31.2. The Morgan fingerprint density at radius 3 is 2.63 bits per heavy atom. The molecule has 1 heterocycles. The van der Waals surface area contributed by atoms with Gasteiger partial charge in [-0.2, -0.15) is 0 Å². The molecule has 0 radical (unpaired) electrons. The van der Waals surface area contributed by atoms with E-state index in [1.807, 2.05) is 11.3 Å². The van der Waals surface area contributed by atoms with Gasteiger partial charge in [0.1, 0.15) is 0 Å². The van der Waals surface area contributed by atoms with Gasteiger partial charge in [-0.1, -0.05) is 40.9 Å². The summed E-state index contributed by atoms with van der Waals surface area (Å²) in [5, 5.41) is 3.80. The first-order chi connectivity index (χ1) is 9.27. The standard InChI is InChI=1S/C16H16Br2S/c17-13-7-3-6-11-12(8-19-16(11)13)15(18)14-9-4-1-2-5-10(9)14/h3,6-10,14-15H,1-2,4-5H2. The first kappa shape index (κ1) is 12.8. The summed E-state index contributed by atoms with van der Waals surface area (Å²) in [7, 11) is 0. The fourth-order valence-electron chi connectivity index (χ4n) is 3.94. The molecular formula is C16H16Br2S. The Morgan fingerprint density at radius 1 is 1.16 bits per heavy atom. The number of halogens is 2. The number of hydrogen-bond donors (Lipinski definition) is 0. The quantitative estimate of drug-likeness (QED) is 0.503. The van der Waals surface area contributed by atoms with Crippen LogP contribution in [0.5, 0.6) is 0 Å². The molecule has 2 saturated carbocycles. The molecule has 100 valence electrons. The van der Waals surface area contributed by atoms with Crippen molar-refractivity contribution < 1.29 is 0 Å². The first-order valence-electron chi connectivity index (χ1n) is 7.07. The molecule has 2 fully saturated rings. The Morgan fingerprint density at radius 2 is 1.89 bits per heavy atom. The molecule has 0 saturated heterocycles. The number of benzene rings is 1. The predicted molar refractivity (Wildman–Crippen MR) is 90.1 cm³/mol. The lowest BCUT2D eigenvalue weighted by atomic mass is 10.0. The first-order valence-corrected chi connectivity index (χ1v) is 9.66. The average Bonchev–Trinajstić information content (AvgIpc) is 2.99. The predicted octanol–water partition coefficient (Wildman–Crippen LogP) is 6.54. The van der Waals surface area contributed by atoms with Gasteiger partial charge in [-0.3, -0.25) is 0 Å². The van der Waals surface area contributed by atoms with E-state index in [9.17, 15) is 0 Å². The van der Waals surface area contributed by atoms with Gasteiger partial charge in [0.2, 0.25) is 0 Å². The third-order valence-corrected chi connectivity index (χ3v) is 8.01. The molecule has 3 heteroatoms. The highest BCUT2D eigenvalue weighted by Crippen LogP contribution is 2.63. The molecular weight excluding hydrogens is 384 g/mol. The van der Waals surface area contributed by atoms with Gasteiger partial charge in [0.15, 0.2) is 0 Å². The number of thiophene rings is 1. The molecule has 0 amide bonds. The molecule has 4 rings (SSSR count).